The number of carboxylic acids is 2. The van der Waals surface area contributed by atoms with Crippen molar-refractivity contribution in [2.24, 2.45) is 0 Å². The molecule has 0 bridgehead atoms. The SMILES string of the molecule is C[C@H]([C@H](CC=Cc1nc2ccccc2o1)c1ccc2c(c1)OCO2)N(Cc1ccc2ccccc2c1)C(=O)C(O)=C(CC(=O)O)C(=O)CC(=O)O. The van der Waals surface area contributed by atoms with E-state index in [1.807, 2.05) is 84.9 Å². The molecule has 51 heavy (non-hydrogen) atoms. The van der Waals surface area contributed by atoms with E-state index in [-0.39, 0.29) is 13.3 Å². The lowest BCUT2D eigenvalue weighted by Gasteiger charge is -2.35. The maximum absolute atomic E-state index is 14.3. The first kappa shape index (κ1) is 34.4. The molecule has 0 saturated heterocycles. The highest BCUT2D eigenvalue weighted by molar-refractivity contribution is 6.11. The number of nitrogens with zero attached hydrogens (tertiary/aromatic N) is 2. The number of hydrogen-bond acceptors (Lipinski definition) is 9. The molecule has 12 nitrogen and oxygen atoms in total. The number of aliphatic carboxylic acids is 2. The molecule has 1 aliphatic rings. The second-order valence-corrected chi connectivity index (χ2v) is 12.1. The number of amides is 1. The fourth-order valence-electron chi connectivity index (χ4n) is 6.16. The van der Waals surface area contributed by atoms with E-state index < -0.39 is 59.8 Å². The molecule has 3 N–H and O–H groups in total. The Morgan fingerprint density at radius 3 is 2.33 bits per heavy atom. The number of ketones is 1. The first-order valence-electron chi connectivity index (χ1n) is 16.2. The Labute approximate surface area is 291 Å². The Hall–Kier alpha value is -6.43. The lowest BCUT2D eigenvalue weighted by molar-refractivity contribution is -0.141. The van der Waals surface area contributed by atoms with Crippen molar-refractivity contribution in [3.05, 3.63) is 119 Å². The molecule has 2 atom stereocenters. The Bertz CT molecular complexity index is 2170. The summed E-state index contributed by atoms with van der Waals surface area (Å²) in [6.45, 7) is 1.79. The van der Waals surface area contributed by atoms with Crippen LogP contribution in [-0.4, -0.2) is 61.7 Å². The number of aromatic nitrogens is 1. The van der Waals surface area contributed by atoms with Crippen molar-refractivity contribution in [2.45, 2.75) is 44.7 Å². The molecule has 0 fully saturated rings. The average molecular weight is 691 g/mol. The molecule has 1 aromatic heterocycles. The van der Waals surface area contributed by atoms with Gasteiger partial charge in [-0.1, -0.05) is 60.7 Å². The second kappa shape index (κ2) is 15.0. The smallest absolute Gasteiger partial charge is 0.311 e. The van der Waals surface area contributed by atoms with Crippen molar-refractivity contribution in [1.29, 1.82) is 0 Å². The second-order valence-electron chi connectivity index (χ2n) is 12.1. The van der Waals surface area contributed by atoms with Crippen molar-refractivity contribution in [1.82, 2.24) is 9.88 Å². The first-order valence-corrected chi connectivity index (χ1v) is 16.2. The van der Waals surface area contributed by atoms with E-state index in [1.54, 1.807) is 19.1 Å². The number of ether oxygens (including phenoxy) is 2. The Kier molecular flexibility index (Phi) is 10.1. The summed E-state index contributed by atoms with van der Waals surface area (Å²) in [6.07, 6.45) is 1.79. The van der Waals surface area contributed by atoms with Gasteiger partial charge in [0.1, 0.15) is 11.9 Å². The topological polar surface area (TPSA) is 177 Å². The lowest BCUT2D eigenvalue weighted by atomic mass is 9.87. The van der Waals surface area contributed by atoms with Crippen LogP contribution in [0.25, 0.3) is 27.9 Å². The number of hydrogen-bond donors (Lipinski definition) is 3. The number of aliphatic hydroxyl groups is 1. The summed E-state index contributed by atoms with van der Waals surface area (Å²) in [6, 6.07) is 25.4. The van der Waals surface area contributed by atoms with E-state index in [0.29, 0.717) is 40.5 Å². The molecule has 0 aliphatic carbocycles. The molecular weight excluding hydrogens is 656 g/mol. The predicted molar refractivity (Wildman–Crippen MR) is 186 cm³/mol. The van der Waals surface area contributed by atoms with Crippen LogP contribution in [0.15, 0.2) is 107 Å². The van der Waals surface area contributed by atoms with E-state index in [9.17, 15) is 34.5 Å². The zero-order valence-corrected chi connectivity index (χ0v) is 27.5. The van der Waals surface area contributed by atoms with Crippen LogP contribution in [-0.2, 0) is 25.7 Å². The quantitative estimate of drug-likeness (QED) is 0.0646. The van der Waals surface area contributed by atoms with Crippen LogP contribution >= 0.6 is 0 Å². The number of carbonyl (C=O) groups is 4. The van der Waals surface area contributed by atoms with Gasteiger partial charge in [0.25, 0.3) is 5.91 Å². The average Bonchev–Trinajstić information content (AvgIpc) is 3.76. The molecule has 1 aliphatic heterocycles. The van der Waals surface area contributed by atoms with Crippen LogP contribution in [0.3, 0.4) is 0 Å². The summed E-state index contributed by atoms with van der Waals surface area (Å²) in [4.78, 5) is 56.1. The highest BCUT2D eigenvalue weighted by atomic mass is 16.7. The number of para-hydroxylation sites is 2. The number of carbonyl (C=O) groups excluding carboxylic acids is 2. The minimum atomic E-state index is -1.53. The third-order valence-corrected chi connectivity index (χ3v) is 8.75. The molecule has 12 heteroatoms. The Balaban J connectivity index is 1.42. The van der Waals surface area contributed by atoms with Gasteiger partial charge in [0.05, 0.1) is 12.0 Å². The van der Waals surface area contributed by atoms with Crippen LogP contribution in [0.2, 0.25) is 0 Å². The molecule has 1 amide bonds. The maximum atomic E-state index is 14.3. The number of benzene rings is 4. The molecular formula is C39H34N2O10. The summed E-state index contributed by atoms with van der Waals surface area (Å²) >= 11 is 0. The molecule has 2 heterocycles. The predicted octanol–water partition coefficient (Wildman–Crippen LogP) is 6.64. The number of rotatable bonds is 14. The van der Waals surface area contributed by atoms with Gasteiger partial charge >= 0.3 is 11.9 Å². The normalized spacial score (nSPS) is 14.0. The zero-order chi connectivity index (χ0) is 36.1. The molecule has 0 saturated carbocycles. The van der Waals surface area contributed by atoms with Gasteiger partial charge in [0.15, 0.2) is 28.6 Å². The van der Waals surface area contributed by atoms with E-state index in [0.717, 1.165) is 16.3 Å². The number of aliphatic hydroxyl groups excluding tert-OH is 1. The van der Waals surface area contributed by atoms with Gasteiger partial charge in [0, 0.05) is 18.5 Å². The summed E-state index contributed by atoms with van der Waals surface area (Å²) in [5.41, 5.74) is 2.00. The minimum absolute atomic E-state index is 0.0434. The summed E-state index contributed by atoms with van der Waals surface area (Å²) < 4.78 is 17.0. The minimum Gasteiger partial charge on any atom is -0.503 e. The number of fused-ring (bicyclic) bond motifs is 3. The molecule has 0 radical (unpaired) electrons. The highest BCUT2D eigenvalue weighted by Gasteiger charge is 2.34. The molecule has 0 unspecified atom stereocenters. The fourth-order valence-corrected chi connectivity index (χ4v) is 6.16. The Morgan fingerprint density at radius 2 is 1.57 bits per heavy atom. The van der Waals surface area contributed by atoms with Crippen LogP contribution in [0.1, 0.15) is 49.1 Å². The molecule has 0 spiro atoms. The third kappa shape index (κ3) is 7.91. The van der Waals surface area contributed by atoms with Gasteiger partial charge < -0.3 is 34.1 Å². The van der Waals surface area contributed by atoms with Crippen molar-refractivity contribution in [2.75, 3.05) is 6.79 Å². The van der Waals surface area contributed by atoms with E-state index >= 15 is 0 Å². The molecule has 260 valence electrons. The number of Topliss-reactive ketones (excluding diaryl/α,β-unsaturated/α-hetero) is 1. The standard InChI is InChI=1S/C39H34N2O10/c1-23(28(27-15-16-33-34(18-27)50-22-49-33)9-6-12-35-40-30-10-4-5-11-32(30)51-35)41(21-24-13-14-25-7-2-3-8-26(25)17-24)39(48)38(47)29(19-36(43)44)31(42)20-37(45)46/h2-8,10-18,23,28,47H,9,19-22H2,1H3,(H,43,44)(H,45,46)/t23-,28+/m1/s1. The Morgan fingerprint density at radius 1 is 0.843 bits per heavy atom. The van der Waals surface area contributed by atoms with Crippen molar-refractivity contribution >= 4 is 51.6 Å². The monoisotopic (exact) mass is 690 g/mol. The third-order valence-electron chi connectivity index (χ3n) is 8.75. The van der Waals surface area contributed by atoms with Crippen molar-refractivity contribution in [3.63, 3.8) is 0 Å². The van der Waals surface area contributed by atoms with Gasteiger partial charge in [0.2, 0.25) is 12.7 Å². The molecule has 4 aromatic carbocycles. The number of oxazole rings is 1. The van der Waals surface area contributed by atoms with E-state index in [4.69, 9.17) is 13.9 Å². The first-order chi connectivity index (χ1) is 24.6. The summed E-state index contributed by atoms with van der Waals surface area (Å²) in [5.74, 6) is -5.37. The molecule has 6 rings (SSSR count). The molecule has 5 aromatic rings. The van der Waals surface area contributed by atoms with Crippen molar-refractivity contribution < 1.29 is 48.4 Å². The fraction of sp³-hybridized carbons (Fsp3) is 0.205. The zero-order valence-electron chi connectivity index (χ0n) is 27.5. The van der Waals surface area contributed by atoms with E-state index in [1.165, 1.54) is 4.90 Å². The van der Waals surface area contributed by atoms with Gasteiger partial charge in [-0.25, -0.2) is 4.98 Å². The van der Waals surface area contributed by atoms with Gasteiger partial charge in [-0.2, -0.15) is 0 Å². The maximum Gasteiger partial charge on any atom is 0.311 e. The van der Waals surface area contributed by atoms with E-state index in [2.05, 4.69) is 4.98 Å². The van der Waals surface area contributed by atoms with Crippen LogP contribution in [0.4, 0.5) is 0 Å². The van der Waals surface area contributed by atoms with Crippen molar-refractivity contribution in [3.8, 4) is 11.5 Å². The largest absolute Gasteiger partial charge is 0.503 e. The number of carboxylic acid groups (broad SMARTS) is 2. The van der Waals surface area contributed by atoms with Gasteiger partial charge in [-0.05, 0) is 71.7 Å². The summed E-state index contributed by atoms with van der Waals surface area (Å²) in [7, 11) is 0. The van der Waals surface area contributed by atoms with Gasteiger partial charge in [-0.15, -0.1) is 0 Å². The number of allylic oxidation sites excluding steroid dienone is 1. The highest BCUT2D eigenvalue weighted by Crippen LogP contribution is 2.38. The lowest BCUT2D eigenvalue weighted by Crippen LogP contribution is -2.43. The summed E-state index contributed by atoms with van der Waals surface area (Å²) in [5, 5.41) is 31.9. The van der Waals surface area contributed by atoms with Crippen LogP contribution < -0.4 is 9.47 Å². The van der Waals surface area contributed by atoms with Gasteiger partial charge in [-0.3, -0.25) is 19.2 Å². The van der Waals surface area contributed by atoms with Crippen LogP contribution in [0.5, 0.6) is 11.5 Å². The van der Waals surface area contributed by atoms with Crippen LogP contribution in [0, 0.1) is 0 Å².